The smallest absolute Gasteiger partial charge is 0.411 e. The molecule has 35 heavy (non-hydrogen) atoms. The number of fused-ring (bicyclic) bond motifs is 7. The van der Waals surface area contributed by atoms with Gasteiger partial charge in [0.15, 0.2) is 0 Å². The molecule has 0 spiro atoms. The van der Waals surface area contributed by atoms with Gasteiger partial charge in [-0.05, 0) is 30.5 Å². The topological polar surface area (TPSA) is 66.9 Å². The molecule has 3 aliphatic heterocycles. The van der Waals surface area contributed by atoms with Crippen molar-refractivity contribution in [2.24, 2.45) is 22.7 Å². The number of imide groups is 1. The van der Waals surface area contributed by atoms with Crippen LogP contribution in [0.5, 0.6) is 0 Å². The lowest BCUT2D eigenvalue weighted by Gasteiger charge is -2.43. The highest BCUT2D eigenvalue weighted by Crippen LogP contribution is 2.85. The lowest BCUT2D eigenvalue weighted by Crippen LogP contribution is -2.50. The summed E-state index contributed by atoms with van der Waals surface area (Å²) in [4.78, 5) is 45.2. The van der Waals surface area contributed by atoms with Crippen molar-refractivity contribution in [1.82, 2.24) is 9.80 Å². The molecule has 3 heterocycles. The van der Waals surface area contributed by atoms with E-state index in [1.807, 2.05) is 54.6 Å². The standard InChI is InChI=1S/C29H26N2O4/c1-16(2)22-20-13-14-21(22)29-24-19-12-8-7-11-18(19)23(28(20,29)25(32)30(3)26(29)33)31(24)27(34)35-15-17-9-5-4-6-10-17/h4-14,20-21,23-24H,15H2,1-3H3/t20-,21+,23+,24-,28+,29-. The van der Waals surface area contributed by atoms with E-state index in [0.29, 0.717) is 0 Å². The van der Waals surface area contributed by atoms with Crippen molar-refractivity contribution in [3.8, 4) is 0 Å². The number of rotatable bonds is 2. The van der Waals surface area contributed by atoms with Gasteiger partial charge in [-0.1, -0.05) is 77.9 Å². The number of hydrogen-bond donors (Lipinski definition) is 0. The van der Waals surface area contributed by atoms with Crippen molar-refractivity contribution in [3.05, 3.63) is 94.6 Å². The average molecular weight is 467 g/mol. The summed E-state index contributed by atoms with van der Waals surface area (Å²) in [6.07, 6.45) is 3.73. The normalized spacial score (nSPS) is 35.0. The second kappa shape index (κ2) is 6.51. The van der Waals surface area contributed by atoms with Crippen LogP contribution in [0.1, 0.15) is 42.6 Å². The number of carbonyl (C=O) groups is 3. The Balaban J connectivity index is 1.44. The van der Waals surface area contributed by atoms with Gasteiger partial charge in [0, 0.05) is 18.9 Å². The zero-order valence-corrected chi connectivity index (χ0v) is 19.9. The maximum atomic E-state index is 14.2. The van der Waals surface area contributed by atoms with Crippen molar-refractivity contribution >= 4 is 17.9 Å². The molecule has 2 aromatic carbocycles. The monoisotopic (exact) mass is 466 g/mol. The van der Waals surface area contributed by atoms with Crippen LogP contribution < -0.4 is 0 Å². The van der Waals surface area contributed by atoms with Gasteiger partial charge in [0.1, 0.15) is 17.4 Å². The highest BCUT2D eigenvalue weighted by molar-refractivity contribution is 6.14. The highest BCUT2D eigenvalue weighted by Gasteiger charge is 2.91. The summed E-state index contributed by atoms with van der Waals surface area (Å²) in [6, 6.07) is 16.3. The molecule has 1 saturated carbocycles. The van der Waals surface area contributed by atoms with Gasteiger partial charge in [0.25, 0.3) is 0 Å². The molecule has 2 saturated heterocycles. The third-order valence-electron chi connectivity index (χ3n) is 9.15. The van der Waals surface area contributed by atoms with Gasteiger partial charge < -0.3 is 4.74 Å². The van der Waals surface area contributed by atoms with Crippen LogP contribution in [-0.2, 0) is 20.9 Å². The number of carbonyl (C=O) groups excluding carboxylic acids is 3. The third kappa shape index (κ3) is 2.00. The number of hydrogen-bond acceptors (Lipinski definition) is 4. The van der Waals surface area contributed by atoms with E-state index >= 15 is 0 Å². The number of likely N-dealkylation sites (tertiary alicyclic amines) is 1. The second-order valence-electron chi connectivity index (χ2n) is 10.6. The molecule has 2 aliphatic carbocycles. The Morgan fingerprint density at radius 3 is 1.89 bits per heavy atom. The summed E-state index contributed by atoms with van der Waals surface area (Å²) in [5.74, 6) is -0.791. The van der Waals surface area contributed by atoms with Gasteiger partial charge in [-0.2, -0.15) is 0 Å². The molecule has 3 amide bonds. The van der Waals surface area contributed by atoms with Crippen LogP contribution >= 0.6 is 0 Å². The van der Waals surface area contributed by atoms with Crippen LogP contribution in [0.15, 0.2) is 77.9 Å². The molecule has 0 N–H and O–H groups in total. The summed E-state index contributed by atoms with van der Waals surface area (Å²) < 4.78 is 5.83. The minimum Gasteiger partial charge on any atom is -0.445 e. The van der Waals surface area contributed by atoms with Crippen molar-refractivity contribution in [2.75, 3.05) is 7.05 Å². The predicted molar refractivity (Wildman–Crippen MR) is 128 cm³/mol. The molecule has 6 heteroatoms. The molecule has 7 rings (SSSR count). The predicted octanol–water partition coefficient (Wildman–Crippen LogP) is 4.56. The Hall–Kier alpha value is -3.67. The summed E-state index contributed by atoms with van der Waals surface area (Å²) >= 11 is 0. The first-order valence-corrected chi connectivity index (χ1v) is 12.1. The highest BCUT2D eigenvalue weighted by atomic mass is 16.6. The Labute approximate surface area is 203 Å². The molecule has 2 aromatic rings. The number of allylic oxidation sites excluding steroid dienone is 4. The van der Waals surface area contributed by atoms with Crippen LogP contribution in [0.3, 0.4) is 0 Å². The van der Waals surface area contributed by atoms with E-state index in [9.17, 15) is 14.4 Å². The second-order valence-corrected chi connectivity index (χ2v) is 10.6. The fourth-order valence-electron chi connectivity index (χ4n) is 8.24. The summed E-state index contributed by atoms with van der Waals surface area (Å²) in [6.45, 7) is 4.26. The van der Waals surface area contributed by atoms with Crippen LogP contribution in [0.4, 0.5) is 4.79 Å². The SMILES string of the molecule is CC(C)=C1[C@H]2C=C[C@@H]1[C@@]13C(=O)N(C)C(=O)[C@@]21[C@@H]1c2ccccc2[C@H]3N1C(=O)OCc1ccccc1. The van der Waals surface area contributed by atoms with E-state index in [1.165, 1.54) is 10.5 Å². The van der Waals surface area contributed by atoms with Crippen molar-refractivity contribution in [2.45, 2.75) is 32.5 Å². The first-order chi connectivity index (χ1) is 16.9. The molecular formula is C29H26N2O4. The van der Waals surface area contributed by atoms with Gasteiger partial charge in [-0.15, -0.1) is 0 Å². The van der Waals surface area contributed by atoms with E-state index in [-0.39, 0.29) is 30.3 Å². The zero-order valence-electron chi connectivity index (χ0n) is 19.9. The molecule has 6 nitrogen and oxygen atoms in total. The van der Waals surface area contributed by atoms with Crippen LogP contribution in [0.2, 0.25) is 0 Å². The van der Waals surface area contributed by atoms with Crippen molar-refractivity contribution in [3.63, 3.8) is 0 Å². The first-order valence-electron chi connectivity index (χ1n) is 12.1. The number of nitrogens with zero attached hydrogens (tertiary/aromatic N) is 2. The number of ether oxygens (including phenoxy) is 1. The molecular weight excluding hydrogens is 440 g/mol. The van der Waals surface area contributed by atoms with E-state index in [2.05, 4.69) is 26.0 Å². The van der Waals surface area contributed by atoms with Gasteiger partial charge in [-0.25, -0.2) is 4.79 Å². The number of amides is 3. The fraction of sp³-hybridized carbons (Fsp3) is 0.345. The van der Waals surface area contributed by atoms with E-state index in [0.717, 1.165) is 22.3 Å². The Bertz CT molecular complexity index is 1320. The zero-order chi connectivity index (χ0) is 24.3. The average Bonchev–Trinajstić information content (AvgIpc) is 3.62. The van der Waals surface area contributed by atoms with E-state index in [1.54, 1.807) is 11.9 Å². The lowest BCUT2D eigenvalue weighted by atomic mass is 9.52. The largest absolute Gasteiger partial charge is 0.445 e. The van der Waals surface area contributed by atoms with Gasteiger partial charge in [0.05, 0.1) is 12.1 Å². The van der Waals surface area contributed by atoms with Gasteiger partial charge in [-0.3, -0.25) is 19.4 Å². The Morgan fingerprint density at radius 2 is 1.37 bits per heavy atom. The maximum absolute atomic E-state index is 14.2. The van der Waals surface area contributed by atoms with E-state index < -0.39 is 29.0 Å². The molecule has 3 fully saturated rings. The summed E-state index contributed by atoms with van der Waals surface area (Å²) in [5.41, 5.74) is 3.02. The minimum absolute atomic E-state index is 0.137. The van der Waals surface area contributed by atoms with Crippen molar-refractivity contribution in [1.29, 1.82) is 0 Å². The van der Waals surface area contributed by atoms with Crippen LogP contribution in [0, 0.1) is 22.7 Å². The number of benzene rings is 2. The Kier molecular flexibility index (Phi) is 3.84. The fourth-order valence-corrected chi connectivity index (χ4v) is 8.24. The molecule has 0 radical (unpaired) electrons. The Morgan fingerprint density at radius 1 is 0.857 bits per heavy atom. The molecule has 6 atom stereocenters. The molecule has 0 aromatic heterocycles. The van der Waals surface area contributed by atoms with Gasteiger partial charge >= 0.3 is 6.09 Å². The molecule has 4 bridgehead atoms. The van der Waals surface area contributed by atoms with Crippen LogP contribution in [-0.4, -0.2) is 34.8 Å². The lowest BCUT2D eigenvalue weighted by molar-refractivity contribution is -0.142. The minimum atomic E-state index is -1.05. The van der Waals surface area contributed by atoms with E-state index in [4.69, 9.17) is 4.74 Å². The van der Waals surface area contributed by atoms with Gasteiger partial charge in [0.2, 0.25) is 11.8 Å². The van der Waals surface area contributed by atoms with Crippen molar-refractivity contribution < 1.29 is 19.1 Å². The summed E-state index contributed by atoms with van der Waals surface area (Å²) in [5, 5.41) is 0. The third-order valence-corrected chi connectivity index (χ3v) is 9.15. The van der Waals surface area contributed by atoms with Crippen LogP contribution in [0.25, 0.3) is 0 Å². The first kappa shape index (κ1) is 20.7. The summed E-state index contributed by atoms with van der Waals surface area (Å²) in [7, 11) is 1.60. The molecule has 5 aliphatic rings. The molecule has 176 valence electrons. The molecule has 0 unspecified atom stereocenters. The maximum Gasteiger partial charge on any atom is 0.411 e. The quantitative estimate of drug-likeness (QED) is 0.481.